The highest BCUT2D eigenvalue weighted by Crippen LogP contribution is 2.24. The van der Waals surface area contributed by atoms with Gasteiger partial charge in [-0.25, -0.2) is 4.79 Å². The molecule has 0 saturated carbocycles. The number of nitrogens with one attached hydrogen (secondary N) is 1. The number of carboxylic acids is 1. The number of para-hydroxylation sites is 1. The summed E-state index contributed by atoms with van der Waals surface area (Å²) in [5.41, 5.74) is 3.20. The summed E-state index contributed by atoms with van der Waals surface area (Å²) in [7, 11) is 0. The number of hydrogen-bond acceptors (Lipinski definition) is 1. The fraction of sp³-hybridized carbons (Fsp3) is 0.0714. The summed E-state index contributed by atoms with van der Waals surface area (Å²) in [4.78, 5) is 13.5. The minimum absolute atomic E-state index is 0.937. The van der Waals surface area contributed by atoms with Crippen molar-refractivity contribution in [2.75, 3.05) is 0 Å². The summed E-state index contributed by atoms with van der Waals surface area (Å²) in [5.74, 6) is -0.937. The Hall–Kier alpha value is -2.29. The number of aliphatic carboxylic acids is 1. The maximum absolute atomic E-state index is 10.4. The summed E-state index contributed by atoms with van der Waals surface area (Å²) >= 11 is 0. The summed E-state index contributed by atoms with van der Waals surface area (Å²) in [5, 5.41) is 9.65. The van der Waals surface area contributed by atoms with E-state index in [1.54, 1.807) is 12.2 Å². The van der Waals surface area contributed by atoms with Gasteiger partial charge < -0.3 is 10.1 Å². The van der Waals surface area contributed by atoms with Crippen molar-refractivity contribution < 1.29 is 9.90 Å². The number of H-pyrrole nitrogens is 1. The first-order chi connectivity index (χ1) is 8.18. The molecule has 1 aromatic carbocycles. The van der Waals surface area contributed by atoms with Crippen molar-refractivity contribution in [2.45, 2.75) is 6.92 Å². The molecule has 0 aliphatic carbocycles. The van der Waals surface area contributed by atoms with Crippen molar-refractivity contribution >= 4 is 22.4 Å². The van der Waals surface area contributed by atoms with Gasteiger partial charge in [-0.15, -0.1) is 0 Å². The van der Waals surface area contributed by atoms with Crippen molar-refractivity contribution in [3.05, 3.63) is 54.3 Å². The van der Waals surface area contributed by atoms with Crippen LogP contribution in [0.1, 0.15) is 12.5 Å². The Balaban J connectivity index is 2.37. The van der Waals surface area contributed by atoms with Crippen LogP contribution in [0.4, 0.5) is 0 Å². The van der Waals surface area contributed by atoms with Crippen molar-refractivity contribution in [1.29, 1.82) is 0 Å². The maximum Gasteiger partial charge on any atom is 0.328 e. The van der Waals surface area contributed by atoms with Crippen LogP contribution < -0.4 is 0 Å². The number of aromatic amines is 1. The van der Waals surface area contributed by atoms with E-state index in [1.807, 2.05) is 37.4 Å². The zero-order valence-corrected chi connectivity index (χ0v) is 9.47. The number of fused-ring (bicyclic) bond motifs is 1. The molecule has 0 atom stereocenters. The first-order valence-electron chi connectivity index (χ1n) is 5.33. The third-order valence-corrected chi connectivity index (χ3v) is 2.60. The quantitative estimate of drug-likeness (QED) is 0.625. The van der Waals surface area contributed by atoms with Gasteiger partial charge in [-0.05, 0) is 18.6 Å². The molecule has 0 radical (unpaired) electrons. The van der Waals surface area contributed by atoms with Crippen LogP contribution in [0.3, 0.4) is 0 Å². The Bertz CT molecular complexity index is 605. The van der Waals surface area contributed by atoms with Gasteiger partial charge in [0, 0.05) is 28.7 Å². The van der Waals surface area contributed by atoms with Crippen LogP contribution in [-0.2, 0) is 4.79 Å². The summed E-state index contributed by atoms with van der Waals surface area (Å²) in [6.45, 7) is 1.96. The molecular formula is C14H13NO2. The van der Waals surface area contributed by atoms with E-state index in [-0.39, 0.29) is 0 Å². The van der Waals surface area contributed by atoms with E-state index in [4.69, 9.17) is 5.11 Å². The Morgan fingerprint density at radius 3 is 2.88 bits per heavy atom. The first kappa shape index (κ1) is 11.2. The summed E-state index contributed by atoms with van der Waals surface area (Å²) < 4.78 is 0. The monoisotopic (exact) mass is 227 g/mol. The number of allylic oxidation sites excluding steroid dienone is 3. The van der Waals surface area contributed by atoms with Gasteiger partial charge in [0.15, 0.2) is 0 Å². The van der Waals surface area contributed by atoms with Gasteiger partial charge in [-0.2, -0.15) is 0 Å². The molecule has 0 amide bonds. The van der Waals surface area contributed by atoms with Gasteiger partial charge in [0.05, 0.1) is 0 Å². The summed E-state index contributed by atoms with van der Waals surface area (Å²) in [6.07, 6.45) is 6.40. The molecule has 0 unspecified atom stereocenters. The van der Waals surface area contributed by atoms with E-state index in [0.717, 1.165) is 28.1 Å². The van der Waals surface area contributed by atoms with E-state index >= 15 is 0 Å². The zero-order chi connectivity index (χ0) is 12.3. The lowest BCUT2D eigenvalue weighted by molar-refractivity contribution is -0.131. The van der Waals surface area contributed by atoms with Crippen molar-refractivity contribution in [2.24, 2.45) is 0 Å². The number of aromatic nitrogens is 1. The molecule has 1 heterocycles. The molecule has 0 fully saturated rings. The van der Waals surface area contributed by atoms with Gasteiger partial charge in [0.2, 0.25) is 0 Å². The van der Waals surface area contributed by atoms with Crippen LogP contribution >= 0.6 is 0 Å². The van der Waals surface area contributed by atoms with E-state index in [2.05, 4.69) is 4.98 Å². The Labute approximate surface area is 99.1 Å². The topological polar surface area (TPSA) is 53.1 Å². The highest BCUT2D eigenvalue weighted by molar-refractivity contribution is 5.92. The molecule has 0 spiro atoms. The Kier molecular flexibility index (Phi) is 3.10. The van der Waals surface area contributed by atoms with Crippen molar-refractivity contribution in [3.8, 4) is 0 Å². The second-order valence-corrected chi connectivity index (χ2v) is 3.79. The molecule has 3 heteroatoms. The van der Waals surface area contributed by atoms with Gasteiger partial charge in [-0.1, -0.05) is 30.4 Å². The molecule has 2 aromatic rings. The van der Waals surface area contributed by atoms with Crippen LogP contribution in [-0.4, -0.2) is 16.1 Å². The number of benzene rings is 1. The fourth-order valence-electron chi connectivity index (χ4n) is 1.76. The van der Waals surface area contributed by atoms with Crippen molar-refractivity contribution in [1.82, 2.24) is 4.98 Å². The molecule has 0 saturated heterocycles. The van der Waals surface area contributed by atoms with Gasteiger partial charge in [0.25, 0.3) is 0 Å². The largest absolute Gasteiger partial charge is 0.478 e. The number of rotatable bonds is 3. The molecule has 2 N–H and O–H groups in total. The van der Waals surface area contributed by atoms with Crippen LogP contribution in [0, 0.1) is 0 Å². The smallest absolute Gasteiger partial charge is 0.328 e. The van der Waals surface area contributed by atoms with Crippen LogP contribution in [0.5, 0.6) is 0 Å². The second kappa shape index (κ2) is 4.70. The molecule has 2 rings (SSSR count). The average Bonchev–Trinajstić information content (AvgIpc) is 2.72. The molecular weight excluding hydrogens is 214 g/mol. The summed E-state index contributed by atoms with van der Waals surface area (Å²) in [6, 6.07) is 8.02. The Morgan fingerprint density at radius 1 is 1.35 bits per heavy atom. The third kappa shape index (κ3) is 2.45. The minimum Gasteiger partial charge on any atom is -0.478 e. The van der Waals surface area contributed by atoms with Gasteiger partial charge in [0.1, 0.15) is 0 Å². The lowest BCUT2D eigenvalue weighted by atomic mass is 10.1. The van der Waals surface area contributed by atoms with Crippen LogP contribution in [0.15, 0.2) is 48.7 Å². The molecule has 0 aliphatic rings. The van der Waals surface area contributed by atoms with E-state index in [9.17, 15) is 4.79 Å². The predicted molar refractivity (Wildman–Crippen MR) is 68.7 cm³/mol. The van der Waals surface area contributed by atoms with Gasteiger partial charge >= 0.3 is 5.97 Å². The minimum atomic E-state index is -0.937. The highest BCUT2D eigenvalue weighted by Gasteiger charge is 2.03. The number of carbonyl (C=O) groups is 1. The van der Waals surface area contributed by atoms with E-state index in [0.29, 0.717) is 0 Å². The average molecular weight is 227 g/mol. The number of carboxylic acid groups (broad SMARTS) is 1. The Morgan fingerprint density at radius 2 is 2.12 bits per heavy atom. The lowest BCUT2D eigenvalue weighted by Gasteiger charge is -1.97. The molecule has 1 aromatic heterocycles. The standard InChI is InChI=1S/C14H13NO2/c1-10(5-4-8-14(16)17)12-9-15-13-7-3-2-6-11(12)13/h2-9,15H,1H3,(H,16,17)/b8-4+,10-5+. The zero-order valence-electron chi connectivity index (χ0n) is 9.47. The molecule has 86 valence electrons. The normalized spacial score (nSPS) is 12.4. The van der Waals surface area contributed by atoms with E-state index in [1.165, 1.54) is 0 Å². The van der Waals surface area contributed by atoms with Crippen LogP contribution in [0.2, 0.25) is 0 Å². The predicted octanol–water partition coefficient (Wildman–Crippen LogP) is 3.21. The van der Waals surface area contributed by atoms with Gasteiger partial charge in [-0.3, -0.25) is 0 Å². The molecule has 0 aliphatic heterocycles. The van der Waals surface area contributed by atoms with Crippen molar-refractivity contribution in [3.63, 3.8) is 0 Å². The third-order valence-electron chi connectivity index (χ3n) is 2.60. The number of hydrogen-bond donors (Lipinski definition) is 2. The van der Waals surface area contributed by atoms with Crippen LogP contribution in [0.25, 0.3) is 16.5 Å². The molecule has 17 heavy (non-hydrogen) atoms. The van der Waals surface area contributed by atoms with E-state index < -0.39 is 5.97 Å². The maximum atomic E-state index is 10.4. The first-order valence-corrected chi connectivity index (χ1v) is 5.33. The second-order valence-electron chi connectivity index (χ2n) is 3.79. The molecule has 0 bridgehead atoms. The lowest BCUT2D eigenvalue weighted by Crippen LogP contribution is -1.84. The highest BCUT2D eigenvalue weighted by atomic mass is 16.4. The SMILES string of the molecule is C/C(=C\C=C\C(=O)O)c1c[nH]c2ccccc12. The fourth-order valence-corrected chi connectivity index (χ4v) is 1.76. The molecule has 3 nitrogen and oxygen atoms in total.